The fourth-order valence-electron chi connectivity index (χ4n) is 2.52. The SMILES string of the molecule is CC(=O)N(CCC(=O)Nc1cc(Cl)ccc1C)CCc1ccc(Cl)cc1. The number of nitrogens with zero attached hydrogens (tertiary/aromatic N) is 1. The summed E-state index contributed by atoms with van der Waals surface area (Å²) in [5.41, 5.74) is 2.73. The number of hydrogen-bond acceptors (Lipinski definition) is 2. The Kier molecular flexibility index (Phi) is 7.49. The normalized spacial score (nSPS) is 10.5. The Labute approximate surface area is 164 Å². The summed E-state index contributed by atoms with van der Waals surface area (Å²) in [7, 11) is 0. The van der Waals surface area contributed by atoms with E-state index in [9.17, 15) is 9.59 Å². The van der Waals surface area contributed by atoms with E-state index in [1.807, 2.05) is 37.3 Å². The van der Waals surface area contributed by atoms with E-state index in [2.05, 4.69) is 5.32 Å². The first-order valence-electron chi connectivity index (χ1n) is 8.41. The van der Waals surface area contributed by atoms with Crippen molar-refractivity contribution in [2.75, 3.05) is 18.4 Å². The summed E-state index contributed by atoms with van der Waals surface area (Å²) in [6, 6.07) is 12.9. The Hall–Kier alpha value is -2.04. The zero-order chi connectivity index (χ0) is 19.1. The molecule has 0 aliphatic heterocycles. The molecule has 0 heterocycles. The fourth-order valence-corrected chi connectivity index (χ4v) is 2.82. The first kappa shape index (κ1) is 20.3. The number of halogens is 2. The third-order valence-corrected chi connectivity index (χ3v) is 4.60. The van der Waals surface area contributed by atoms with Gasteiger partial charge in [-0.2, -0.15) is 0 Å². The average Bonchev–Trinajstić information content (AvgIpc) is 2.59. The molecule has 6 heteroatoms. The van der Waals surface area contributed by atoms with E-state index in [1.54, 1.807) is 17.0 Å². The first-order chi connectivity index (χ1) is 12.3. The Balaban J connectivity index is 1.87. The minimum atomic E-state index is -0.145. The molecule has 0 atom stereocenters. The van der Waals surface area contributed by atoms with Gasteiger partial charge in [0.25, 0.3) is 0 Å². The van der Waals surface area contributed by atoms with Crippen LogP contribution >= 0.6 is 23.2 Å². The molecule has 0 aromatic heterocycles. The van der Waals surface area contributed by atoms with Crippen LogP contribution in [-0.2, 0) is 16.0 Å². The molecule has 138 valence electrons. The molecular weight excluding hydrogens is 371 g/mol. The number of anilines is 1. The molecular formula is C20H22Cl2N2O2. The minimum absolute atomic E-state index is 0.0503. The van der Waals surface area contributed by atoms with E-state index in [1.165, 1.54) is 6.92 Å². The first-order valence-corrected chi connectivity index (χ1v) is 9.16. The summed E-state index contributed by atoms with van der Waals surface area (Å²) >= 11 is 11.8. The van der Waals surface area contributed by atoms with Crippen molar-refractivity contribution in [3.63, 3.8) is 0 Å². The standard InChI is InChI=1S/C20H22Cl2N2O2/c1-14-3-6-18(22)13-19(14)23-20(26)10-12-24(15(2)25)11-9-16-4-7-17(21)8-5-16/h3-8,13H,9-12H2,1-2H3,(H,23,26). The number of nitrogens with one attached hydrogen (secondary N) is 1. The third kappa shape index (κ3) is 6.36. The van der Waals surface area contributed by atoms with Gasteiger partial charge in [-0.05, 0) is 48.7 Å². The number of carbonyl (C=O) groups is 2. The van der Waals surface area contributed by atoms with Gasteiger partial charge in [-0.1, -0.05) is 41.4 Å². The third-order valence-electron chi connectivity index (χ3n) is 4.11. The number of rotatable bonds is 7. The number of amides is 2. The number of aryl methyl sites for hydroxylation is 1. The molecule has 1 N–H and O–H groups in total. The van der Waals surface area contributed by atoms with Crippen LogP contribution in [0, 0.1) is 6.92 Å². The molecule has 0 fully saturated rings. The lowest BCUT2D eigenvalue weighted by molar-refractivity contribution is -0.129. The molecule has 4 nitrogen and oxygen atoms in total. The van der Waals surface area contributed by atoms with Gasteiger partial charge in [-0.25, -0.2) is 0 Å². The minimum Gasteiger partial charge on any atom is -0.342 e. The van der Waals surface area contributed by atoms with Gasteiger partial charge < -0.3 is 10.2 Å². The molecule has 0 saturated heterocycles. The van der Waals surface area contributed by atoms with Crippen molar-refractivity contribution < 1.29 is 9.59 Å². The monoisotopic (exact) mass is 392 g/mol. The Bertz CT molecular complexity index is 776. The Morgan fingerprint density at radius 3 is 2.31 bits per heavy atom. The summed E-state index contributed by atoms with van der Waals surface area (Å²) in [4.78, 5) is 25.7. The van der Waals surface area contributed by atoms with Crippen LogP contribution in [0.1, 0.15) is 24.5 Å². The van der Waals surface area contributed by atoms with Gasteiger partial charge in [0, 0.05) is 42.2 Å². The second kappa shape index (κ2) is 9.60. The van der Waals surface area contributed by atoms with Gasteiger partial charge in [-0.3, -0.25) is 9.59 Å². The van der Waals surface area contributed by atoms with Crippen LogP contribution < -0.4 is 5.32 Å². The van der Waals surface area contributed by atoms with Crippen LogP contribution in [0.5, 0.6) is 0 Å². The van der Waals surface area contributed by atoms with Crippen molar-refractivity contribution in [3.8, 4) is 0 Å². The lowest BCUT2D eigenvalue weighted by Gasteiger charge is -2.21. The quantitative estimate of drug-likeness (QED) is 0.740. The maximum Gasteiger partial charge on any atom is 0.226 e. The van der Waals surface area contributed by atoms with Crippen LogP contribution in [0.15, 0.2) is 42.5 Å². The average molecular weight is 393 g/mol. The molecule has 2 aromatic rings. The highest BCUT2D eigenvalue weighted by Crippen LogP contribution is 2.20. The van der Waals surface area contributed by atoms with Gasteiger partial charge in [0.1, 0.15) is 0 Å². The van der Waals surface area contributed by atoms with E-state index < -0.39 is 0 Å². The topological polar surface area (TPSA) is 49.4 Å². The molecule has 0 bridgehead atoms. The lowest BCUT2D eigenvalue weighted by atomic mass is 10.1. The summed E-state index contributed by atoms with van der Waals surface area (Å²) < 4.78 is 0. The zero-order valence-corrected chi connectivity index (χ0v) is 16.4. The van der Waals surface area contributed by atoms with Crippen LogP contribution in [0.2, 0.25) is 10.0 Å². The van der Waals surface area contributed by atoms with E-state index in [0.717, 1.165) is 11.1 Å². The predicted molar refractivity (Wildman–Crippen MR) is 107 cm³/mol. The van der Waals surface area contributed by atoms with Crippen molar-refractivity contribution >= 4 is 40.7 Å². The highest BCUT2D eigenvalue weighted by Gasteiger charge is 2.12. The highest BCUT2D eigenvalue weighted by molar-refractivity contribution is 6.31. The van der Waals surface area contributed by atoms with Gasteiger partial charge >= 0.3 is 0 Å². The predicted octanol–water partition coefficient (Wildman–Crippen LogP) is 4.72. The molecule has 0 saturated carbocycles. The van der Waals surface area contributed by atoms with Gasteiger partial charge in [0.2, 0.25) is 11.8 Å². The van der Waals surface area contributed by atoms with Crippen molar-refractivity contribution in [2.24, 2.45) is 0 Å². The maximum atomic E-state index is 12.2. The van der Waals surface area contributed by atoms with E-state index in [-0.39, 0.29) is 18.2 Å². The van der Waals surface area contributed by atoms with Crippen LogP contribution in [0.25, 0.3) is 0 Å². The van der Waals surface area contributed by atoms with Crippen molar-refractivity contribution in [3.05, 3.63) is 63.6 Å². The molecule has 0 radical (unpaired) electrons. The Morgan fingerprint density at radius 1 is 1.00 bits per heavy atom. The molecule has 26 heavy (non-hydrogen) atoms. The molecule has 0 spiro atoms. The highest BCUT2D eigenvalue weighted by atomic mass is 35.5. The molecule has 0 aliphatic carbocycles. The molecule has 2 rings (SSSR count). The summed E-state index contributed by atoms with van der Waals surface area (Å²) in [6.07, 6.45) is 0.942. The van der Waals surface area contributed by atoms with Crippen LogP contribution in [0.4, 0.5) is 5.69 Å². The number of carbonyl (C=O) groups excluding carboxylic acids is 2. The smallest absolute Gasteiger partial charge is 0.226 e. The van der Waals surface area contributed by atoms with Gasteiger partial charge in [-0.15, -0.1) is 0 Å². The van der Waals surface area contributed by atoms with Crippen molar-refractivity contribution in [1.82, 2.24) is 4.90 Å². The van der Waals surface area contributed by atoms with Gasteiger partial charge in [0.05, 0.1) is 0 Å². The van der Waals surface area contributed by atoms with Gasteiger partial charge in [0.15, 0.2) is 0 Å². The van der Waals surface area contributed by atoms with Crippen LogP contribution in [-0.4, -0.2) is 29.8 Å². The summed E-state index contributed by atoms with van der Waals surface area (Å²) in [5, 5.41) is 4.10. The van der Waals surface area contributed by atoms with Crippen molar-refractivity contribution in [1.29, 1.82) is 0 Å². The second-order valence-electron chi connectivity index (χ2n) is 6.14. The largest absolute Gasteiger partial charge is 0.342 e. The molecule has 2 amide bonds. The maximum absolute atomic E-state index is 12.2. The Morgan fingerprint density at radius 2 is 1.65 bits per heavy atom. The zero-order valence-electron chi connectivity index (χ0n) is 14.9. The molecule has 0 aliphatic rings. The fraction of sp³-hybridized carbons (Fsp3) is 0.300. The van der Waals surface area contributed by atoms with E-state index in [4.69, 9.17) is 23.2 Å². The second-order valence-corrected chi connectivity index (χ2v) is 7.01. The van der Waals surface area contributed by atoms with Crippen molar-refractivity contribution in [2.45, 2.75) is 26.7 Å². The number of hydrogen-bond donors (Lipinski definition) is 1. The number of benzene rings is 2. The van der Waals surface area contributed by atoms with Crippen LogP contribution in [0.3, 0.4) is 0 Å². The summed E-state index contributed by atoms with van der Waals surface area (Å²) in [6.45, 7) is 4.34. The van der Waals surface area contributed by atoms with E-state index in [0.29, 0.717) is 35.2 Å². The lowest BCUT2D eigenvalue weighted by Crippen LogP contribution is -2.33. The summed E-state index contributed by atoms with van der Waals surface area (Å²) in [5.74, 6) is -0.196. The molecule has 0 unspecified atom stereocenters. The van der Waals surface area contributed by atoms with E-state index >= 15 is 0 Å². The molecule has 2 aromatic carbocycles.